The van der Waals surface area contributed by atoms with Crippen LogP contribution < -0.4 is 11.1 Å². The van der Waals surface area contributed by atoms with Crippen LogP contribution in [0.2, 0.25) is 0 Å². The van der Waals surface area contributed by atoms with Gasteiger partial charge in [0.1, 0.15) is 12.1 Å². The van der Waals surface area contributed by atoms with Gasteiger partial charge in [0, 0.05) is 35.9 Å². The van der Waals surface area contributed by atoms with Crippen molar-refractivity contribution < 1.29 is 33.4 Å². The highest BCUT2D eigenvalue weighted by Gasteiger charge is 2.60. The van der Waals surface area contributed by atoms with Crippen molar-refractivity contribution in [2.24, 2.45) is 63.1 Å². The molecule has 3 N–H and O–H groups in total. The van der Waals surface area contributed by atoms with E-state index < -0.39 is 4.92 Å². The first-order valence-electron chi connectivity index (χ1n) is 22.2. The van der Waals surface area contributed by atoms with E-state index in [2.05, 4.69) is 46.4 Å². The minimum atomic E-state index is -0.493. The number of rotatable bonds is 22. The summed E-state index contributed by atoms with van der Waals surface area (Å²) in [5.41, 5.74) is 15.7. The standard InChI is InChI=1S/C43H66N8O8/c1-28(7-14-38(52)58-25-24-57-23-22-56-21-20-46-50-45)34-11-12-35-33-10-9-31-27-32(15-17-42(31,2)36(33)16-18-43(34,35)3)47-41(53)30(6-4-5-19-44)26-29-8-13-37(51(54)55)40-39(29)48-59-49-40/h8,13,28,30-36H,4-7,9-12,14-27,44H2,1-3H3,(H,47,53)/t28-,30-,31-,32-,33+,34?,35+,36+,42+,43-/m1/s1. The van der Waals surface area contributed by atoms with E-state index in [0.717, 1.165) is 55.9 Å². The van der Waals surface area contributed by atoms with Gasteiger partial charge < -0.3 is 25.3 Å². The van der Waals surface area contributed by atoms with Crippen LogP contribution >= 0.6 is 0 Å². The first-order chi connectivity index (χ1) is 28.5. The lowest BCUT2D eigenvalue weighted by Crippen LogP contribution is -2.56. The Kier molecular flexibility index (Phi) is 15.6. The summed E-state index contributed by atoms with van der Waals surface area (Å²) in [4.78, 5) is 40.4. The monoisotopic (exact) mass is 823 g/mol. The molecule has 6 rings (SSSR count). The van der Waals surface area contributed by atoms with E-state index in [1.54, 1.807) is 6.07 Å². The fourth-order valence-corrected chi connectivity index (χ4v) is 12.3. The Labute approximate surface area is 347 Å². The number of carbonyl (C=O) groups is 2. The predicted octanol–water partition coefficient (Wildman–Crippen LogP) is 7.87. The number of nitro benzene ring substituents is 1. The lowest BCUT2D eigenvalue weighted by molar-refractivity contribution is -0.383. The van der Waals surface area contributed by atoms with Gasteiger partial charge in [-0.05, 0) is 164 Å². The van der Waals surface area contributed by atoms with Gasteiger partial charge in [-0.1, -0.05) is 32.3 Å². The number of esters is 1. The lowest BCUT2D eigenvalue weighted by Gasteiger charge is -2.61. The van der Waals surface area contributed by atoms with Crippen molar-refractivity contribution in [3.63, 3.8) is 0 Å². The van der Waals surface area contributed by atoms with E-state index in [9.17, 15) is 19.7 Å². The molecule has 2 aromatic rings. The number of unbranched alkanes of at least 4 members (excludes halogenated alkanes) is 1. The van der Waals surface area contributed by atoms with Crippen molar-refractivity contribution in [1.29, 1.82) is 0 Å². The quantitative estimate of drug-likeness (QED) is 0.0221. The van der Waals surface area contributed by atoms with Crippen molar-refractivity contribution in [3.05, 3.63) is 38.3 Å². The first kappa shape index (κ1) is 44.7. The number of nitrogens with one attached hydrogen (secondary N) is 1. The van der Waals surface area contributed by atoms with E-state index in [0.29, 0.717) is 93.4 Å². The number of nitrogens with zero attached hydrogens (tertiary/aromatic N) is 6. The Bertz CT molecular complexity index is 1790. The molecule has 0 aliphatic heterocycles. The number of nitrogens with two attached hydrogens (primary N) is 1. The first-order valence-corrected chi connectivity index (χ1v) is 22.2. The van der Waals surface area contributed by atoms with E-state index in [1.807, 2.05) is 0 Å². The van der Waals surface area contributed by atoms with Gasteiger partial charge in [0.05, 0.1) is 31.4 Å². The van der Waals surface area contributed by atoms with Gasteiger partial charge in [-0.2, -0.15) is 0 Å². The number of non-ortho nitro benzene ring substituents is 1. The Balaban J connectivity index is 0.978. The molecule has 1 unspecified atom stereocenters. The molecule has 10 atom stereocenters. The number of nitro groups is 1. The highest BCUT2D eigenvalue weighted by atomic mass is 16.6. The number of hydrogen-bond donors (Lipinski definition) is 2. The zero-order chi connectivity index (χ0) is 42.0. The smallest absolute Gasteiger partial charge is 0.305 e. The number of aromatic nitrogens is 2. The summed E-state index contributed by atoms with van der Waals surface area (Å²) >= 11 is 0. The summed E-state index contributed by atoms with van der Waals surface area (Å²) in [6, 6.07) is 3.23. The molecule has 1 aromatic carbocycles. The molecule has 16 heteroatoms. The van der Waals surface area contributed by atoms with Gasteiger partial charge in [0.25, 0.3) is 0 Å². The third-order valence-electron chi connectivity index (χ3n) is 15.4. The minimum absolute atomic E-state index is 0.0347. The molecule has 16 nitrogen and oxygen atoms in total. The zero-order valence-electron chi connectivity index (χ0n) is 35.4. The van der Waals surface area contributed by atoms with Gasteiger partial charge in [-0.3, -0.25) is 19.7 Å². The molecule has 4 fully saturated rings. The van der Waals surface area contributed by atoms with E-state index >= 15 is 0 Å². The summed E-state index contributed by atoms with van der Waals surface area (Å²) in [7, 11) is 0. The Morgan fingerprint density at radius 3 is 2.53 bits per heavy atom. The maximum atomic E-state index is 14.0. The van der Waals surface area contributed by atoms with Gasteiger partial charge >= 0.3 is 11.7 Å². The normalized spacial score (nSPS) is 29.7. The molecule has 0 saturated heterocycles. The molecule has 4 aliphatic carbocycles. The van der Waals surface area contributed by atoms with Crippen LogP contribution in [0.15, 0.2) is 21.9 Å². The molecule has 1 aromatic heterocycles. The highest BCUT2D eigenvalue weighted by molar-refractivity contribution is 5.87. The summed E-state index contributed by atoms with van der Waals surface area (Å²) in [6.07, 6.45) is 14.6. The number of azide groups is 1. The fraction of sp³-hybridized carbons (Fsp3) is 0.814. The molecule has 0 radical (unpaired) electrons. The molecular weight excluding hydrogens is 757 g/mol. The third kappa shape index (κ3) is 10.4. The largest absolute Gasteiger partial charge is 0.463 e. The molecule has 1 heterocycles. The third-order valence-corrected chi connectivity index (χ3v) is 15.4. The van der Waals surface area contributed by atoms with Crippen LogP contribution in [-0.2, 0) is 30.2 Å². The summed E-state index contributed by atoms with van der Waals surface area (Å²) in [6.45, 7) is 10.0. The average molecular weight is 823 g/mol. The molecule has 4 aliphatic rings. The van der Waals surface area contributed by atoms with Crippen LogP contribution in [-0.4, -0.2) is 79.3 Å². The molecule has 0 bridgehead atoms. The number of ether oxygens (including phenoxy) is 3. The van der Waals surface area contributed by atoms with Crippen molar-refractivity contribution in [2.45, 2.75) is 123 Å². The van der Waals surface area contributed by atoms with Crippen molar-refractivity contribution >= 4 is 28.6 Å². The predicted molar refractivity (Wildman–Crippen MR) is 221 cm³/mol. The Hall–Kier alpha value is -3.85. The second-order valence-electron chi connectivity index (χ2n) is 18.4. The average Bonchev–Trinajstić information content (AvgIpc) is 3.86. The molecule has 59 heavy (non-hydrogen) atoms. The van der Waals surface area contributed by atoms with E-state index in [-0.39, 0.29) is 47.1 Å². The number of amides is 1. The van der Waals surface area contributed by atoms with Gasteiger partial charge in [-0.25, -0.2) is 4.63 Å². The highest BCUT2D eigenvalue weighted by Crippen LogP contribution is 2.68. The van der Waals surface area contributed by atoms with Crippen molar-refractivity contribution in [2.75, 3.05) is 46.1 Å². The summed E-state index contributed by atoms with van der Waals surface area (Å²) in [5.74, 6) is 3.36. The summed E-state index contributed by atoms with van der Waals surface area (Å²) in [5, 5.41) is 26.2. The van der Waals surface area contributed by atoms with Crippen LogP contribution in [0.4, 0.5) is 5.69 Å². The van der Waals surface area contributed by atoms with Gasteiger partial charge in [-0.15, -0.1) is 0 Å². The number of hydrogen-bond acceptors (Lipinski definition) is 12. The molecule has 326 valence electrons. The number of benzene rings is 1. The second kappa shape index (κ2) is 20.6. The summed E-state index contributed by atoms with van der Waals surface area (Å²) < 4.78 is 21.2. The van der Waals surface area contributed by atoms with E-state index in [1.165, 1.54) is 44.6 Å². The molecular formula is C43H66N8O8. The second-order valence-corrected chi connectivity index (χ2v) is 18.4. The Morgan fingerprint density at radius 1 is 1.00 bits per heavy atom. The zero-order valence-corrected chi connectivity index (χ0v) is 35.4. The minimum Gasteiger partial charge on any atom is -0.463 e. The van der Waals surface area contributed by atoms with Crippen molar-refractivity contribution in [1.82, 2.24) is 15.6 Å². The lowest BCUT2D eigenvalue weighted by atomic mass is 9.44. The van der Waals surface area contributed by atoms with Gasteiger partial charge in [0.15, 0.2) is 0 Å². The van der Waals surface area contributed by atoms with Crippen LogP contribution in [0.1, 0.15) is 116 Å². The fourth-order valence-electron chi connectivity index (χ4n) is 12.3. The van der Waals surface area contributed by atoms with Crippen LogP contribution in [0, 0.1) is 62.4 Å². The maximum absolute atomic E-state index is 14.0. The van der Waals surface area contributed by atoms with Crippen LogP contribution in [0.5, 0.6) is 0 Å². The Morgan fingerprint density at radius 2 is 1.75 bits per heavy atom. The topological polar surface area (TPSA) is 231 Å². The van der Waals surface area contributed by atoms with Crippen LogP contribution in [0.3, 0.4) is 0 Å². The van der Waals surface area contributed by atoms with Crippen LogP contribution in [0.25, 0.3) is 21.5 Å². The maximum Gasteiger partial charge on any atom is 0.305 e. The number of fused-ring (bicyclic) bond motifs is 6. The van der Waals surface area contributed by atoms with E-state index in [4.69, 9.17) is 30.1 Å². The van der Waals surface area contributed by atoms with Gasteiger partial charge in [0.2, 0.25) is 11.4 Å². The van der Waals surface area contributed by atoms with Crippen molar-refractivity contribution in [3.8, 4) is 0 Å². The molecule has 4 saturated carbocycles. The SMILES string of the molecule is C[C@H](CCC(=O)OCCOCCOCCN=[N+]=[N-])C1CC[C@H]2[C@@H]3CC[C@@H]4C[C@H](NC(=O)[C@H](CCCCN)Cc5ccc([N+](=O)[O-])c6nonc56)CC[C@]4(C)[C@H]3CC[C@]12C. The molecule has 0 spiro atoms. The number of carbonyl (C=O) groups excluding carboxylic acids is 2. The molecule has 1 amide bonds.